The lowest BCUT2D eigenvalue weighted by molar-refractivity contribution is 0.692. The summed E-state index contributed by atoms with van der Waals surface area (Å²) < 4.78 is 0. The van der Waals surface area contributed by atoms with E-state index >= 15 is 0 Å². The first-order valence-electron chi connectivity index (χ1n) is 6.13. The average Bonchev–Trinajstić information content (AvgIpc) is 2.30. The minimum atomic E-state index is 0.367. The standard InChI is InChI=1S/C12H21ClN4/c1-5-7-14-12-15-8-10(13)11(16-12)17(6-2)9(3)4/h8-9H,5-7H2,1-4H3,(H,14,15,16). The third kappa shape index (κ3) is 3.73. The highest BCUT2D eigenvalue weighted by Gasteiger charge is 2.14. The molecule has 0 radical (unpaired) electrons. The fourth-order valence-corrected chi connectivity index (χ4v) is 1.84. The lowest BCUT2D eigenvalue weighted by Gasteiger charge is -2.27. The van der Waals surface area contributed by atoms with Crippen molar-refractivity contribution in [2.75, 3.05) is 23.3 Å². The van der Waals surface area contributed by atoms with Crippen molar-refractivity contribution in [1.29, 1.82) is 0 Å². The molecule has 4 nitrogen and oxygen atoms in total. The molecule has 1 rings (SSSR count). The van der Waals surface area contributed by atoms with Crippen LogP contribution in [0.3, 0.4) is 0 Å². The van der Waals surface area contributed by atoms with Crippen LogP contribution in [-0.4, -0.2) is 29.1 Å². The first-order valence-corrected chi connectivity index (χ1v) is 6.51. The van der Waals surface area contributed by atoms with Crippen LogP contribution in [0.1, 0.15) is 34.1 Å². The molecule has 96 valence electrons. The molecule has 1 N–H and O–H groups in total. The fraction of sp³-hybridized carbons (Fsp3) is 0.667. The quantitative estimate of drug-likeness (QED) is 0.849. The van der Waals surface area contributed by atoms with Crippen LogP contribution < -0.4 is 10.2 Å². The van der Waals surface area contributed by atoms with E-state index in [0.29, 0.717) is 17.0 Å². The molecule has 0 unspecified atom stereocenters. The maximum Gasteiger partial charge on any atom is 0.224 e. The van der Waals surface area contributed by atoms with E-state index in [1.165, 1.54) is 0 Å². The molecule has 0 aliphatic rings. The van der Waals surface area contributed by atoms with Gasteiger partial charge in [-0.05, 0) is 27.2 Å². The zero-order chi connectivity index (χ0) is 12.8. The van der Waals surface area contributed by atoms with Gasteiger partial charge in [0.1, 0.15) is 5.02 Å². The smallest absolute Gasteiger partial charge is 0.224 e. The summed E-state index contributed by atoms with van der Waals surface area (Å²) >= 11 is 6.15. The lowest BCUT2D eigenvalue weighted by Crippen LogP contribution is -2.31. The highest BCUT2D eigenvalue weighted by atomic mass is 35.5. The summed E-state index contributed by atoms with van der Waals surface area (Å²) in [6.07, 6.45) is 2.70. The molecule has 0 atom stereocenters. The number of hydrogen-bond acceptors (Lipinski definition) is 4. The predicted molar refractivity (Wildman–Crippen MR) is 74.0 cm³/mol. The van der Waals surface area contributed by atoms with Crippen molar-refractivity contribution in [3.8, 4) is 0 Å². The number of rotatable bonds is 6. The van der Waals surface area contributed by atoms with Gasteiger partial charge in [-0.1, -0.05) is 18.5 Å². The average molecular weight is 257 g/mol. The Kier molecular flexibility index (Phi) is 5.48. The van der Waals surface area contributed by atoms with Crippen molar-refractivity contribution in [3.63, 3.8) is 0 Å². The van der Waals surface area contributed by atoms with Crippen LogP contribution in [0.15, 0.2) is 6.20 Å². The third-order valence-electron chi connectivity index (χ3n) is 2.49. The second-order valence-electron chi connectivity index (χ2n) is 4.17. The van der Waals surface area contributed by atoms with Gasteiger partial charge in [-0.15, -0.1) is 0 Å². The largest absolute Gasteiger partial charge is 0.354 e. The number of hydrogen-bond donors (Lipinski definition) is 1. The molecule has 0 fully saturated rings. The Balaban J connectivity index is 2.96. The molecule has 0 amide bonds. The van der Waals surface area contributed by atoms with Gasteiger partial charge in [0.25, 0.3) is 0 Å². The van der Waals surface area contributed by atoms with Crippen LogP contribution in [0.5, 0.6) is 0 Å². The summed E-state index contributed by atoms with van der Waals surface area (Å²) in [5.74, 6) is 1.45. The molecule has 0 saturated heterocycles. The summed E-state index contributed by atoms with van der Waals surface area (Å²) in [4.78, 5) is 10.8. The highest BCUT2D eigenvalue weighted by Crippen LogP contribution is 2.25. The van der Waals surface area contributed by atoms with E-state index in [9.17, 15) is 0 Å². The molecule has 0 saturated carbocycles. The van der Waals surface area contributed by atoms with Gasteiger partial charge in [-0.3, -0.25) is 0 Å². The molecule has 1 aromatic rings. The van der Waals surface area contributed by atoms with Crippen LogP contribution in [-0.2, 0) is 0 Å². The molecule has 0 spiro atoms. The highest BCUT2D eigenvalue weighted by molar-refractivity contribution is 6.32. The monoisotopic (exact) mass is 256 g/mol. The molecule has 0 aliphatic heterocycles. The van der Waals surface area contributed by atoms with Gasteiger partial charge in [0.2, 0.25) is 5.95 Å². The van der Waals surface area contributed by atoms with Crippen molar-refractivity contribution < 1.29 is 0 Å². The predicted octanol–water partition coefficient (Wildman–Crippen LogP) is 3.19. The molecule has 1 heterocycles. The van der Waals surface area contributed by atoms with E-state index in [2.05, 4.69) is 47.9 Å². The first-order chi connectivity index (χ1) is 8.10. The SMILES string of the molecule is CCCNc1ncc(Cl)c(N(CC)C(C)C)n1. The molecule has 17 heavy (non-hydrogen) atoms. The van der Waals surface area contributed by atoms with Gasteiger partial charge in [-0.2, -0.15) is 4.98 Å². The maximum atomic E-state index is 6.15. The summed E-state index contributed by atoms with van der Waals surface area (Å²) in [7, 11) is 0. The summed E-state index contributed by atoms with van der Waals surface area (Å²) in [6.45, 7) is 10.2. The number of nitrogens with zero attached hydrogens (tertiary/aromatic N) is 3. The van der Waals surface area contributed by atoms with Crippen molar-refractivity contribution in [3.05, 3.63) is 11.2 Å². The number of nitrogens with one attached hydrogen (secondary N) is 1. The van der Waals surface area contributed by atoms with Gasteiger partial charge >= 0.3 is 0 Å². The summed E-state index contributed by atoms with van der Waals surface area (Å²) in [5, 5.41) is 3.77. The first kappa shape index (κ1) is 14.0. The van der Waals surface area contributed by atoms with E-state index in [0.717, 1.165) is 25.3 Å². The van der Waals surface area contributed by atoms with E-state index < -0.39 is 0 Å². The topological polar surface area (TPSA) is 41.1 Å². The number of anilines is 2. The van der Waals surface area contributed by atoms with Gasteiger partial charge < -0.3 is 10.2 Å². The van der Waals surface area contributed by atoms with Crippen LogP contribution >= 0.6 is 11.6 Å². The Morgan fingerprint density at radius 1 is 1.41 bits per heavy atom. The van der Waals surface area contributed by atoms with Gasteiger partial charge in [0.05, 0.1) is 6.20 Å². The second kappa shape index (κ2) is 6.64. The summed E-state index contributed by atoms with van der Waals surface area (Å²) in [6, 6.07) is 0.367. The van der Waals surface area contributed by atoms with E-state index in [4.69, 9.17) is 11.6 Å². The minimum Gasteiger partial charge on any atom is -0.354 e. The normalized spacial score (nSPS) is 10.7. The van der Waals surface area contributed by atoms with Crippen molar-refractivity contribution in [2.45, 2.75) is 40.2 Å². The molecular formula is C12H21ClN4. The second-order valence-corrected chi connectivity index (χ2v) is 4.58. The van der Waals surface area contributed by atoms with Crippen molar-refractivity contribution >= 4 is 23.4 Å². The maximum absolute atomic E-state index is 6.15. The van der Waals surface area contributed by atoms with Crippen LogP contribution in [0.4, 0.5) is 11.8 Å². The zero-order valence-corrected chi connectivity index (χ0v) is 11.8. The molecule has 1 aromatic heterocycles. The molecule has 0 aromatic carbocycles. The Labute approximate surface area is 108 Å². The van der Waals surface area contributed by atoms with Gasteiger partial charge in [-0.25, -0.2) is 4.98 Å². The molecular weight excluding hydrogens is 236 g/mol. The lowest BCUT2D eigenvalue weighted by atomic mass is 10.3. The summed E-state index contributed by atoms with van der Waals surface area (Å²) in [5.41, 5.74) is 0. The Hall–Kier alpha value is -1.03. The zero-order valence-electron chi connectivity index (χ0n) is 11.0. The van der Waals surface area contributed by atoms with Crippen LogP contribution in [0, 0.1) is 0 Å². The van der Waals surface area contributed by atoms with Crippen LogP contribution in [0.25, 0.3) is 0 Å². The van der Waals surface area contributed by atoms with E-state index in [1.807, 2.05) is 0 Å². The number of halogens is 1. The molecule has 0 bridgehead atoms. The molecule has 5 heteroatoms. The Morgan fingerprint density at radius 3 is 2.65 bits per heavy atom. The number of aromatic nitrogens is 2. The Bertz CT molecular complexity index is 354. The Morgan fingerprint density at radius 2 is 2.12 bits per heavy atom. The van der Waals surface area contributed by atoms with Crippen molar-refractivity contribution in [1.82, 2.24) is 9.97 Å². The van der Waals surface area contributed by atoms with Crippen molar-refractivity contribution in [2.24, 2.45) is 0 Å². The third-order valence-corrected chi connectivity index (χ3v) is 2.76. The van der Waals surface area contributed by atoms with Gasteiger partial charge in [0, 0.05) is 19.1 Å². The van der Waals surface area contributed by atoms with Gasteiger partial charge in [0.15, 0.2) is 5.82 Å². The van der Waals surface area contributed by atoms with E-state index in [1.54, 1.807) is 6.20 Å². The fourth-order valence-electron chi connectivity index (χ4n) is 1.64. The molecule has 0 aliphatic carbocycles. The van der Waals surface area contributed by atoms with E-state index in [-0.39, 0.29) is 0 Å². The minimum absolute atomic E-state index is 0.367. The van der Waals surface area contributed by atoms with Crippen LogP contribution in [0.2, 0.25) is 5.02 Å².